The lowest BCUT2D eigenvalue weighted by Crippen LogP contribution is -2.28. The fourth-order valence-electron chi connectivity index (χ4n) is 16.1. The van der Waals surface area contributed by atoms with Crippen LogP contribution in [0.1, 0.15) is 44.5 Å². The van der Waals surface area contributed by atoms with Gasteiger partial charge in [-0.2, -0.15) is 0 Å². The van der Waals surface area contributed by atoms with Crippen molar-refractivity contribution in [1.82, 2.24) is 0 Å². The molecule has 0 aromatic heterocycles. The standard InChI is InChI=1S/C88H59N3/c1-6-29-62(30-7-1)87(63-31-8-2-9-32-63)77-47-22-20-45-74(77)75-54-53-71(59-82(75)87)90(68-40-24-39-67(57-68)89(64-33-10-3-11-34-64)65-35-12-4-13-36-65)69-41-25-42-70(58-69)91(66-37-14-5-15-38-66)83-50-26-49-79-84(83)76-46-21-23-48-78(76)88(79)80-55-51-60-27-16-18-43-72(60)85(80)86-73-44-19-17-28-61(73)52-56-81(86)88/h1-59H. The van der Waals surface area contributed by atoms with Gasteiger partial charge in [-0.05, 0) is 185 Å². The van der Waals surface area contributed by atoms with Gasteiger partial charge in [0.25, 0.3) is 0 Å². The van der Waals surface area contributed by atoms with Gasteiger partial charge in [0, 0.05) is 51.1 Å². The van der Waals surface area contributed by atoms with Gasteiger partial charge in [0.2, 0.25) is 0 Å². The molecule has 0 bridgehead atoms. The highest BCUT2D eigenvalue weighted by Gasteiger charge is 2.53. The predicted octanol–water partition coefficient (Wildman–Crippen LogP) is 23.1. The van der Waals surface area contributed by atoms with E-state index in [1.807, 2.05) is 0 Å². The normalized spacial score (nSPS) is 13.2. The zero-order chi connectivity index (χ0) is 60.0. The number of hydrogen-bond donors (Lipinski definition) is 0. The highest BCUT2D eigenvalue weighted by atomic mass is 15.2. The number of para-hydroxylation sites is 3. The maximum absolute atomic E-state index is 2.51. The molecule has 0 saturated carbocycles. The van der Waals surface area contributed by atoms with Gasteiger partial charge in [-0.1, -0.05) is 267 Å². The third-order valence-corrected chi connectivity index (χ3v) is 19.6. The molecule has 0 fully saturated rings. The predicted molar refractivity (Wildman–Crippen MR) is 379 cm³/mol. The topological polar surface area (TPSA) is 9.72 Å². The van der Waals surface area contributed by atoms with Crippen LogP contribution in [0.4, 0.5) is 51.2 Å². The van der Waals surface area contributed by atoms with Crippen molar-refractivity contribution >= 4 is 72.7 Å². The summed E-state index contributed by atoms with van der Waals surface area (Å²) in [5, 5.41) is 5.05. The molecule has 18 rings (SSSR count). The number of hydrogen-bond acceptors (Lipinski definition) is 3. The smallest absolute Gasteiger partial charge is 0.0726 e. The molecule has 0 radical (unpaired) electrons. The molecule has 15 aromatic rings. The van der Waals surface area contributed by atoms with E-state index in [2.05, 4.69) is 373 Å². The molecular weight excluding hydrogens is 1100 g/mol. The SMILES string of the molecule is c1ccc(N(c2ccccc2)c2cccc(N(c3cccc(N(c4ccccc4)c4cccc5c4-c4ccccc4C54c5ccc6ccccc6c5-c5c4ccc4ccccc54)c3)c3ccc4c(c3)C(c3ccccc3)(c3ccccc3)c3ccccc3-4)c2)cc1. The van der Waals surface area contributed by atoms with Crippen LogP contribution < -0.4 is 14.7 Å². The van der Waals surface area contributed by atoms with Gasteiger partial charge < -0.3 is 14.7 Å². The van der Waals surface area contributed by atoms with Crippen molar-refractivity contribution in [3.8, 4) is 33.4 Å². The third kappa shape index (κ3) is 7.81. The average molecular weight is 1160 g/mol. The molecule has 3 nitrogen and oxygen atoms in total. The lowest BCUT2D eigenvalue weighted by molar-refractivity contribution is 0.768. The Balaban J connectivity index is 0.876. The Labute approximate surface area is 530 Å². The number of fused-ring (bicyclic) bond motifs is 17. The van der Waals surface area contributed by atoms with Crippen molar-refractivity contribution in [3.63, 3.8) is 0 Å². The summed E-state index contributed by atoms with van der Waals surface area (Å²) < 4.78 is 0. The second-order valence-corrected chi connectivity index (χ2v) is 24.2. The molecule has 0 unspecified atom stereocenters. The van der Waals surface area contributed by atoms with Gasteiger partial charge >= 0.3 is 0 Å². The fourth-order valence-corrected chi connectivity index (χ4v) is 16.1. The van der Waals surface area contributed by atoms with Crippen LogP contribution in [0.2, 0.25) is 0 Å². The largest absolute Gasteiger partial charge is 0.310 e. The van der Waals surface area contributed by atoms with Crippen molar-refractivity contribution in [2.45, 2.75) is 10.8 Å². The molecule has 3 heteroatoms. The van der Waals surface area contributed by atoms with Gasteiger partial charge in [0.05, 0.1) is 16.5 Å². The molecule has 0 heterocycles. The van der Waals surface area contributed by atoms with Crippen LogP contribution in [0.3, 0.4) is 0 Å². The van der Waals surface area contributed by atoms with E-state index >= 15 is 0 Å². The van der Waals surface area contributed by atoms with Crippen molar-refractivity contribution in [1.29, 1.82) is 0 Å². The summed E-state index contributed by atoms with van der Waals surface area (Å²) in [5.74, 6) is 0. The first-order valence-electron chi connectivity index (χ1n) is 31.6. The molecule has 426 valence electrons. The quantitative estimate of drug-likeness (QED) is 0.128. The summed E-state index contributed by atoms with van der Waals surface area (Å²) in [6.45, 7) is 0. The van der Waals surface area contributed by atoms with Crippen molar-refractivity contribution < 1.29 is 0 Å². The van der Waals surface area contributed by atoms with Crippen LogP contribution in [-0.4, -0.2) is 0 Å². The van der Waals surface area contributed by atoms with E-state index in [0.29, 0.717) is 0 Å². The Kier molecular flexibility index (Phi) is 12.1. The Bertz CT molecular complexity index is 5150. The Morgan fingerprint density at radius 2 is 0.549 bits per heavy atom. The minimum atomic E-state index is -0.608. The first kappa shape index (κ1) is 52.4. The monoisotopic (exact) mass is 1160 g/mol. The van der Waals surface area contributed by atoms with E-state index in [1.54, 1.807) is 0 Å². The van der Waals surface area contributed by atoms with Crippen LogP contribution >= 0.6 is 0 Å². The molecule has 0 saturated heterocycles. The summed E-state index contributed by atoms with van der Waals surface area (Å²) >= 11 is 0. The van der Waals surface area contributed by atoms with E-state index < -0.39 is 10.8 Å². The Morgan fingerprint density at radius 1 is 0.187 bits per heavy atom. The van der Waals surface area contributed by atoms with Gasteiger partial charge in [0.1, 0.15) is 0 Å². The van der Waals surface area contributed by atoms with Crippen molar-refractivity contribution in [3.05, 3.63) is 402 Å². The van der Waals surface area contributed by atoms with Gasteiger partial charge in [-0.3, -0.25) is 0 Å². The lowest BCUT2D eigenvalue weighted by Gasteiger charge is -2.35. The summed E-state index contributed by atoms with van der Waals surface area (Å²) in [5.41, 5.74) is 26.1. The molecule has 91 heavy (non-hydrogen) atoms. The molecule has 1 spiro atoms. The van der Waals surface area contributed by atoms with Crippen LogP contribution in [0, 0.1) is 0 Å². The summed E-state index contributed by atoms with van der Waals surface area (Å²) in [7, 11) is 0. The third-order valence-electron chi connectivity index (χ3n) is 19.6. The first-order valence-corrected chi connectivity index (χ1v) is 31.6. The molecule has 0 atom stereocenters. The summed E-state index contributed by atoms with van der Waals surface area (Å²) in [6.07, 6.45) is 0. The number of anilines is 9. The zero-order valence-electron chi connectivity index (χ0n) is 49.9. The molecule has 0 amide bonds. The van der Waals surface area contributed by atoms with E-state index in [-0.39, 0.29) is 0 Å². The second kappa shape index (κ2) is 20.9. The maximum atomic E-state index is 2.51. The highest BCUT2D eigenvalue weighted by molar-refractivity contribution is 6.14. The zero-order valence-corrected chi connectivity index (χ0v) is 49.9. The Hall–Kier alpha value is -11.8. The molecule has 0 N–H and O–H groups in total. The molecule has 0 aliphatic heterocycles. The Morgan fingerprint density at radius 3 is 1.09 bits per heavy atom. The van der Waals surface area contributed by atoms with Crippen LogP contribution in [0.25, 0.3) is 54.9 Å². The minimum Gasteiger partial charge on any atom is -0.310 e. The summed E-state index contributed by atoms with van der Waals surface area (Å²) in [4.78, 5) is 7.35. The van der Waals surface area contributed by atoms with Gasteiger partial charge in [-0.15, -0.1) is 0 Å². The summed E-state index contributed by atoms with van der Waals surface area (Å²) in [6, 6.07) is 133. The van der Waals surface area contributed by atoms with Gasteiger partial charge in [-0.25, -0.2) is 0 Å². The maximum Gasteiger partial charge on any atom is 0.0726 e. The number of nitrogens with zero attached hydrogens (tertiary/aromatic N) is 3. The van der Waals surface area contributed by atoms with E-state index in [0.717, 1.165) is 51.2 Å². The number of benzene rings is 15. The van der Waals surface area contributed by atoms with E-state index in [4.69, 9.17) is 0 Å². The number of rotatable bonds is 11. The lowest BCUT2D eigenvalue weighted by atomic mass is 9.67. The second-order valence-electron chi connectivity index (χ2n) is 24.2. The van der Waals surface area contributed by atoms with Crippen molar-refractivity contribution in [2.75, 3.05) is 14.7 Å². The van der Waals surface area contributed by atoms with E-state index in [1.165, 1.54) is 99.4 Å². The van der Waals surface area contributed by atoms with E-state index in [9.17, 15) is 0 Å². The van der Waals surface area contributed by atoms with Crippen LogP contribution in [0.5, 0.6) is 0 Å². The fraction of sp³-hybridized carbons (Fsp3) is 0.0227. The average Bonchev–Trinajstić information content (AvgIpc) is 1.50. The highest BCUT2D eigenvalue weighted by Crippen LogP contribution is 2.67. The molecule has 3 aliphatic rings. The van der Waals surface area contributed by atoms with Crippen LogP contribution in [0.15, 0.2) is 358 Å². The van der Waals surface area contributed by atoms with Crippen LogP contribution in [-0.2, 0) is 10.8 Å². The molecular formula is C88H59N3. The first-order chi connectivity index (χ1) is 45.2. The molecule has 15 aromatic carbocycles. The minimum absolute atomic E-state index is 0.595. The van der Waals surface area contributed by atoms with Gasteiger partial charge in [0.15, 0.2) is 0 Å². The van der Waals surface area contributed by atoms with Crippen molar-refractivity contribution in [2.24, 2.45) is 0 Å². The molecule has 3 aliphatic carbocycles.